The number of furan rings is 1. The molecule has 7 nitrogen and oxygen atoms in total. The number of aromatic amines is 1. The third-order valence-corrected chi connectivity index (χ3v) is 5.49. The summed E-state index contributed by atoms with van der Waals surface area (Å²) in [5.41, 5.74) is 1.39. The third-order valence-electron chi connectivity index (χ3n) is 3.86. The first kappa shape index (κ1) is 17.3. The Bertz CT molecular complexity index is 1150. The second-order valence-corrected chi connectivity index (χ2v) is 6.98. The van der Waals surface area contributed by atoms with E-state index in [2.05, 4.69) is 15.5 Å². The molecule has 0 aliphatic rings. The summed E-state index contributed by atoms with van der Waals surface area (Å²) in [6.45, 7) is 0. The van der Waals surface area contributed by atoms with Crippen molar-refractivity contribution in [2.75, 3.05) is 12.4 Å². The highest BCUT2D eigenvalue weighted by atomic mass is 35.5. The van der Waals surface area contributed by atoms with Crippen LogP contribution in [0.3, 0.4) is 0 Å². The minimum Gasteiger partial charge on any atom is -0.465 e. The Balaban J connectivity index is 1.58. The van der Waals surface area contributed by atoms with Crippen molar-refractivity contribution in [1.82, 2.24) is 10.2 Å². The Labute approximate surface area is 161 Å². The number of hydrogen-bond donors (Lipinski definition) is 2. The van der Waals surface area contributed by atoms with Gasteiger partial charge in [0.15, 0.2) is 11.5 Å². The molecule has 1 amide bonds. The Morgan fingerprint density at radius 1 is 1.30 bits per heavy atom. The summed E-state index contributed by atoms with van der Waals surface area (Å²) in [5.74, 6) is -0.278. The number of rotatable bonds is 4. The molecule has 0 saturated carbocycles. The van der Waals surface area contributed by atoms with Crippen LogP contribution in [0.25, 0.3) is 21.5 Å². The normalized spacial score (nSPS) is 10.9. The molecule has 0 radical (unpaired) electrons. The van der Waals surface area contributed by atoms with E-state index in [0.29, 0.717) is 27.0 Å². The van der Waals surface area contributed by atoms with Gasteiger partial charge < -0.3 is 14.5 Å². The van der Waals surface area contributed by atoms with Gasteiger partial charge in [0.25, 0.3) is 5.91 Å². The summed E-state index contributed by atoms with van der Waals surface area (Å²) >= 11 is 7.44. The Morgan fingerprint density at radius 3 is 2.89 bits per heavy atom. The SMILES string of the molecule is COC(=O)c1sc2cc(NC(=O)c3cc(-c4ccco4)[nH]n3)ccc2c1Cl. The van der Waals surface area contributed by atoms with Crippen LogP contribution in [-0.2, 0) is 4.74 Å². The predicted octanol–water partition coefficient (Wildman–Crippen LogP) is 4.58. The van der Waals surface area contributed by atoms with Crippen LogP contribution < -0.4 is 5.32 Å². The molecule has 27 heavy (non-hydrogen) atoms. The molecule has 0 aliphatic carbocycles. The number of aromatic nitrogens is 2. The van der Waals surface area contributed by atoms with Gasteiger partial charge in [-0.1, -0.05) is 11.6 Å². The fourth-order valence-electron chi connectivity index (χ4n) is 2.56. The average molecular weight is 402 g/mol. The maximum atomic E-state index is 12.4. The highest BCUT2D eigenvalue weighted by Gasteiger charge is 2.18. The van der Waals surface area contributed by atoms with Crippen molar-refractivity contribution in [2.24, 2.45) is 0 Å². The molecule has 1 aromatic carbocycles. The van der Waals surface area contributed by atoms with Gasteiger partial charge in [-0.3, -0.25) is 9.89 Å². The predicted molar refractivity (Wildman–Crippen MR) is 102 cm³/mol. The first-order valence-electron chi connectivity index (χ1n) is 7.78. The van der Waals surface area contributed by atoms with Crippen molar-refractivity contribution < 1.29 is 18.7 Å². The number of ether oxygens (including phenoxy) is 1. The molecule has 0 unspecified atom stereocenters. The fourth-order valence-corrected chi connectivity index (χ4v) is 4.02. The molecular formula is C18H12ClN3O4S. The van der Waals surface area contributed by atoms with Gasteiger partial charge in [0.05, 0.1) is 18.4 Å². The fraction of sp³-hybridized carbons (Fsp3) is 0.0556. The molecule has 0 fully saturated rings. The number of thiophene rings is 1. The van der Waals surface area contributed by atoms with Gasteiger partial charge in [-0.05, 0) is 30.3 Å². The standard InChI is InChI=1S/C18H12ClN3O4S/c1-25-18(24)16-15(19)10-5-4-9(7-14(10)27-16)20-17(23)12-8-11(21-22-12)13-3-2-6-26-13/h2-8H,1H3,(H,20,23)(H,21,22). The molecule has 3 heterocycles. The van der Waals surface area contributed by atoms with Crippen LogP contribution in [0, 0.1) is 0 Å². The van der Waals surface area contributed by atoms with Crippen LogP contribution in [0.1, 0.15) is 20.2 Å². The van der Waals surface area contributed by atoms with Crippen LogP contribution in [0.15, 0.2) is 47.1 Å². The second-order valence-electron chi connectivity index (χ2n) is 5.55. The van der Waals surface area contributed by atoms with Gasteiger partial charge in [-0.15, -0.1) is 11.3 Å². The summed E-state index contributed by atoms with van der Waals surface area (Å²) in [6, 6.07) is 10.3. The number of carbonyl (C=O) groups is 2. The quantitative estimate of drug-likeness (QED) is 0.488. The third kappa shape index (κ3) is 3.20. The number of esters is 1. The zero-order valence-electron chi connectivity index (χ0n) is 13.9. The minimum absolute atomic E-state index is 0.223. The topological polar surface area (TPSA) is 97.2 Å². The van der Waals surface area contributed by atoms with E-state index in [0.717, 1.165) is 10.1 Å². The molecule has 9 heteroatoms. The molecule has 136 valence electrons. The summed E-state index contributed by atoms with van der Waals surface area (Å²) < 4.78 is 10.8. The van der Waals surface area contributed by atoms with Gasteiger partial charge in [0.1, 0.15) is 10.6 Å². The number of anilines is 1. The van der Waals surface area contributed by atoms with Gasteiger partial charge >= 0.3 is 5.97 Å². The van der Waals surface area contributed by atoms with Crippen LogP contribution in [-0.4, -0.2) is 29.2 Å². The molecule has 0 atom stereocenters. The number of carbonyl (C=O) groups excluding carboxylic acids is 2. The van der Waals surface area contributed by atoms with Crippen molar-refractivity contribution in [3.63, 3.8) is 0 Å². The van der Waals surface area contributed by atoms with E-state index >= 15 is 0 Å². The van der Waals surface area contributed by atoms with E-state index < -0.39 is 5.97 Å². The lowest BCUT2D eigenvalue weighted by Gasteiger charge is -2.03. The van der Waals surface area contributed by atoms with Crippen molar-refractivity contribution >= 4 is 50.6 Å². The first-order chi connectivity index (χ1) is 13.1. The number of fused-ring (bicyclic) bond motifs is 1. The minimum atomic E-state index is -0.492. The van der Waals surface area contributed by atoms with E-state index in [1.807, 2.05) is 0 Å². The maximum absolute atomic E-state index is 12.4. The summed E-state index contributed by atoms with van der Waals surface area (Å²) in [5, 5.41) is 10.6. The van der Waals surface area contributed by atoms with Crippen molar-refractivity contribution in [1.29, 1.82) is 0 Å². The van der Waals surface area contributed by atoms with Crippen LogP contribution in [0.5, 0.6) is 0 Å². The Morgan fingerprint density at radius 2 is 2.15 bits per heavy atom. The number of halogens is 1. The van der Waals surface area contributed by atoms with E-state index in [-0.39, 0.29) is 11.6 Å². The van der Waals surface area contributed by atoms with Crippen molar-refractivity contribution in [3.8, 4) is 11.5 Å². The molecule has 2 N–H and O–H groups in total. The summed E-state index contributed by atoms with van der Waals surface area (Å²) in [6.07, 6.45) is 1.54. The van der Waals surface area contributed by atoms with Gasteiger partial charge in [0, 0.05) is 21.8 Å². The van der Waals surface area contributed by atoms with Crippen molar-refractivity contribution in [3.05, 3.63) is 58.3 Å². The number of amides is 1. The lowest BCUT2D eigenvalue weighted by molar-refractivity contribution is 0.0606. The monoisotopic (exact) mass is 401 g/mol. The summed E-state index contributed by atoms with van der Waals surface area (Å²) in [4.78, 5) is 24.5. The number of nitrogens with one attached hydrogen (secondary N) is 2. The van der Waals surface area contributed by atoms with Crippen LogP contribution >= 0.6 is 22.9 Å². The first-order valence-corrected chi connectivity index (χ1v) is 8.97. The largest absolute Gasteiger partial charge is 0.465 e. The van der Waals surface area contributed by atoms with Gasteiger partial charge in [-0.2, -0.15) is 5.10 Å². The Kier molecular flexibility index (Phi) is 4.43. The highest BCUT2D eigenvalue weighted by Crippen LogP contribution is 2.37. The molecule has 0 spiro atoms. The molecule has 0 bridgehead atoms. The number of H-pyrrole nitrogens is 1. The van der Waals surface area contributed by atoms with E-state index in [1.165, 1.54) is 18.4 Å². The van der Waals surface area contributed by atoms with Crippen LogP contribution in [0.2, 0.25) is 5.02 Å². The van der Waals surface area contributed by atoms with Crippen LogP contribution in [0.4, 0.5) is 5.69 Å². The number of methoxy groups -OCH3 is 1. The average Bonchev–Trinajstić information content (AvgIpc) is 3.41. The molecule has 4 aromatic rings. The second kappa shape index (κ2) is 6.90. The van der Waals surface area contributed by atoms with Gasteiger partial charge in [-0.25, -0.2) is 4.79 Å². The zero-order chi connectivity index (χ0) is 19.0. The molecule has 4 rings (SSSR count). The molecular weight excluding hydrogens is 390 g/mol. The number of benzene rings is 1. The van der Waals surface area contributed by atoms with E-state index in [1.54, 1.807) is 42.7 Å². The highest BCUT2D eigenvalue weighted by molar-refractivity contribution is 7.21. The number of nitrogens with zero attached hydrogens (tertiary/aromatic N) is 1. The Hall–Kier alpha value is -3.10. The molecule has 3 aromatic heterocycles. The smallest absolute Gasteiger partial charge is 0.349 e. The molecule has 0 aliphatic heterocycles. The van der Waals surface area contributed by atoms with E-state index in [4.69, 9.17) is 20.8 Å². The van der Waals surface area contributed by atoms with Crippen molar-refractivity contribution in [2.45, 2.75) is 0 Å². The lowest BCUT2D eigenvalue weighted by Crippen LogP contribution is -2.12. The van der Waals surface area contributed by atoms with Gasteiger partial charge in [0.2, 0.25) is 0 Å². The number of hydrogen-bond acceptors (Lipinski definition) is 6. The lowest BCUT2D eigenvalue weighted by atomic mass is 10.2. The maximum Gasteiger partial charge on any atom is 0.349 e. The zero-order valence-corrected chi connectivity index (χ0v) is 15.5. The van der Waals surface area contributed by atoms with E-state index in [9.17, 15) is 9.59 Å². The molecule has 0 saturated heterocycles. The summed E-state index contributed by atoms with van der Waals surface area (Å²) in [7, 11) is 1.30.